The molecule has 2 bridgehead atoms. The summed E-state index contributed by atoms with van der Waals surface area (Å²) in [6.07, 6.45) is 10.6. The predicted octanol–water partition coefficient (Wildman–Crippen LogP) is 6.64. The van der Waals surface area contributed by atoms with Crippen molar-refractivity contribution in [2.45, 2.75) is 12.8 Å². The van der Waals surface area contributed by atoms with Crippen molar-refractivity contribution in [2.24, 2.45) is 17.8 Å². The Labute approximate surface area is 177 Å². The molecule has 2 nitrogen and oxygen atoms in total. The molecule has 0 saturated heterocycles. The van der Waals surface area contributed by atoms with E-state index in [2.05, 4.69) is 72.8 Å². The van der Waals surface area contributed by atoms with Crippen molar-refractivity contribution in [3.05, 3.63) is 102 Å². The smallest absolute Gasteiger partial charge is 0.314 e. The van der Waals surface area contributed by atoms with E-state index < -0.39 is 0 Å². The molecule has 148 valence electrons. The van der Waals surface area contributed by atoms with Crippen LogP contribution in [-0.4, -0.2) is 5.97 Å². The lowest BCUT2D eigenvalue weighted by Crippen LogP contribution is -2.23. The Kier molecular flexibility index (Phi) is 5.06. The summed E-state index contributed by atoms with van der Waals surface area (Å²) in [6, 6.07) is 26.6. The van der Waals surface area contributed by atoms with Gasteiger partial charge in [-0.2, -0.15) is 0 Å². The molecule has 0 heterocycles. The second-order valence-corrected chi connectivity index (χ2v) is 8.20. The molecule has 1 saturated carbocycles. The lowest BCUT2D eigenvalue weighted by molar-refractivity contribution is -0.139. The van der Waals surface area contributed by atoms with Gasteiger partial charge in [0.2, 0.25) is 0 Å². The van der Waals surface area contributed by atoms with Gasteiger partial charge in [0.15, 0.2) is 0 Å². The maximum absolute atomic E-state index is 12.5. The zero-order valence-corrected chi connectivity index (χ0v) is 16.8. The highest BCUT2D eigenvalue weighted by atomic mass is 16.5. The Morgan fingerprint density at radius 2 is 1.37 bits per heavy atom. The lowest BCUT2D eigenvalue weighted by Gasteiger charge is -2.16. The second-order valence-electron chi connectivity index (χ2n) is 8.20. The first-order valence-corrected chi connectivity index (χ1v) is 10.6. The van der Waals surface area contributed by atoms with Gasteiger partial charge in [0.05, 0.1) is 5.92 Å². The average Bonchev–Trinajstić information content (AvgIpc) is 3.44. The highest BCUT2D eigenvalue weighted by Crippen LogP contribution is 2.44. The van der Waals surface area contributed by atoms with Crippen LogP contribution in [-0.2, 0) is 4.79 Å². The Morgan fingerprint density at radius 1 is 0.733 bits per heavy atom. The fraction of sp³-hybridized carbons (Fsp3) is 0.179. The summed E-state index contributed by atoms with van der Waals surface area (Å²) in [6.45, 7) is 0. The highest BCUT2D eigenvalue weighted by molar-refractivity contribution is 5.77. The topological polar surface area (TPSA) is 26.3 Å². The molecule has 3 aromatic rings. The number of ether oxygens (including phenoxy) is 1. The van der Waals surface area contributed by atoms with Gasteiger partial charge in [-0.15, -0.1) is 0 Å². The van der Waals surface area contributed by atoms with Gasteiger partial charge in [0.25, 0.3) is 0 Å². The Morgan fingerprint density at radius 3 is 1.97 bits per heavy atom. The number of fused-ring (bicyclic) bond motifs is 2. The molecule has 1 fully saturated rings. The molecule has 30 heavy (non-hydrogen) atoms. The summed E-state index contributed by atoms with van der Waals surface area (Å²) in [5.74, 6) is 1.50. The van der Waals surface area contributed by atoms with Gasteiger partial charge in [0.1, 0.15) is 5.75 Å². The van der Waals surface area contributed by atoms with Gasteiger partial charge in [0, 0.05) is 0 Å². The number of hydrogen-bond acceptors (Lipinski definition) is 2. The number of carbonyl (C=O) groups is 1. The summed E-state index contributed by atoms with van der Waals surface area (Å²) in [7, 11) is 0. The Balaban J connectivity index is 1.20. The minimum Gasteiger partial charge on any atom is -0.426 e. The number of rotatable bonds is 5. The largest absolute Gasteiger partial charge is 0.426 e. The van der Waals surface area contributed by atoms with E-state index in [0.29, 0.717) is 17.6 Å². The van der Waals surface area contributed by atoms with Gasteiger partial charge in [-0.05, 0) is 59.1 Å². The van der Waals surface area contributed by atoms with Crippen LogP contribution in [0.2, 0.25) is 0 Å². The molecular weight excluding hydrogens is 368 g/mol. The molecule has 5 rings (SSSR count). The number of benzene rings is 3. The molecule has 2 heteroatoms. The standard InChI is InChI=1S/C28H24O2/c29-28(27-19-22-10-15-25(27)18-22)30-26-16-11-21(12-17-26)7-6-20-8-13-24(14-9-20)23-4-2-1-3-5-23/h1-17,22,25,27H,18-19H2/b7-6-. The van der Waals surface area contributed by atoms with Gasteiger partial charge < -0.3 is 4.74 Å². The molecule has 3 unspecified atom stereocenters. The van der Waals surface area contributed by atoms with Gasteiger partial charge in [-0.3, -0.25) is 4.79 Å². The normalized spacial score (nSPS) is 21.9. The fourth-order valence-corrected chi connectivity index (χ4v) is 4.50. The molecule has 0 N–H and O–H groups in total. The molecule has 0 aliphatic heterocycles. The van der Waals surface area contributed by atoms with Crippen LogP contribution in [0.4, 0.5) is 0 Å². The minimum absolute atomic E-state index is 0.0263. The predicted molar refractivity (Wildman–Crippen MR) is 122 cm³/mol. The van der Waals surface area contributed by atoms with Crippen LogP contribution in [0.1, 0.15) is 24.0 Å². The van der Waals surface area contributed by atoms with Gasteiger partial charge >= 0.3 is 5.97 Å². The average molecular weight is 392 g/mol. The third-order valence-electron chi connectivity index (χ3n) is 6.17. The van der Waals surface area contributed by atoms with Crippen molar-refractivity contribution in [1.82, 2.24) is 0 Å². The Hall–Kier alpha value is -3.39. The summed E-state index contributed by atoms with van der Waals surface area (Å²) < 4.78 is 5.63. The maximum atomic E-state index is 12.5. The van der Waals surface area contributed by atoms with E-state index in [0.717, 1.165) is 24.0 Å². The first-order chi connectivity index (χ1) is 14.7. The van der Waals surface area contributed by atoms with Crippen LogP contribution in [0.25, 0.3) is 23.3 Å². The van der Waals surface area contributed by atoms with Crippen molar-refractivity contribution < 1.29 is 9.53 Å². The third kappa shape index (κ3) is 3.99. The summed E-state index contributed by atoms with van der Waals surface area (Å²) >= 11 is 0. The van der Waals surface area contributed by atoms with E-state index in [-0.39, 0.29) is 11.9 Å². The molecular formula is C28H24O2. The van der Waals surface area contributed by atoms with E-state index >= 15 is 0 Å². The molecule has 3 aromatic carbocycles. The molecule has 2 aliphatic carbocycles. The van der Waals surface area contributed by atoms with Crippen LogP contribution in [0, 0.1) is 17.8 Å². The zero-order valence-electron chi connectivity index (χ0n) is 16.8. The lowest BCUT2D eigenvalue weighted by atomic mass is 9.94. The van der Waals surface area contributed by atoms with E-state index in [1.54, 1.807) is 0 Å². The van der Waals surface area contributed by atoms with Crippen LogP contribution in [0.15, 0.2) is 91.0 Å². The van der Waals surface area contributed by atoms with Crippen LogP contribution >= 0.6 is 0 Å². The number of esters is 1. The molecule has 2 aliphatic rings. The fourth-order valence-electron chi connectivity index (χ4n) is 4.50. The monoisotopic (exact) mass is 392 g/mol. The quantitative estimate of drug-likeness (QED) is 0.210. The van der Waals surface area contributed by atoms with Crippen LogP contribution in [0.5, 0.6) is 5.75 Å². The number of hydrogen-bond donors (Lipinski definition) is 0. The van der Waals surface area contributed by atoms with E-state index in [4.69, 9.17) is 4.74 Å². The van der Waals surface area contributed by atoms with Crippen molar-refractivity contribution in [3.8, 4) is 16.9 Å². The van der Waals surface area contributed by atoms with Crippen molar-refractivity contribution in [2.75, 3.05) is 0 Å². The summed E-state index contributed by atoms with van der Waals surface area (Å²) in [5, 5.41) is 0. The molecule has 0 amide bonds. The van der Waals surface area contributed by atoms with Crippen molar-refractivity contribution >= 4 is 18.1 Å². The van der Waals surface area contributed by atoms with Crippen molar-refractivity contribution in [1.29, 1.82) is 0 Å². The summed E-state index contributed by atoms with van der Waals surface area (Å²) in [5.41, 5.74) is 4.66. The van der Waals surface area contributed by atoms with Gasteiger partial charge in [-0.1, -0.05) is 91.0 Å². The third-order valence-corrected chi connectivity index (χ3v) is 6.17. The first kappa shape index (κ1) is 18.6. The zero-order chi connectivity index (χ0) is 20.3. The van der Waals surface area contributed by atoms with E-state index in [1.165, 1.54) is 11.1 Å². The summed E-state index contributed by atoms with van der Waals surface area (Å²) in [4.78, 5) is 12.5. The van der Waals surface area contributed by atoms with Crippen LogP contribution < -0.4 is 4.74 Å². The first-order valence-electron chi connectivity index (χ1n) is 10.6. The molecule has 0 radical (unpaired) electrons. The molecule has 3 atom stereocenters. The molecule has 0 spiro atoms. The Bertz CT molecular complexity index is 1080. The maximum Gasteiger partial charge on any atom is 0.314 e. The van der Waals surface area contributed by atoms with Gasteiger partial charge in [-0.25, -0.2) is 0 Å². The van der Waals surface area contributed by atoms with E-state index in [1.807, 2.05) is 30.3 Å². The molecule has 0 aromatic heterocycles. The minimum atomic E-state index is -0.0892. The van der Waals surface area contributed by atoms with Crippen molar-refractivity contribution in [3.63, 3.8) is 0 Å². The highest BCUT2D eigenvalue weighted by Gasteiger charge is 2.40. The second kappa shape index (κ2) is 8.16. The van der Waals surface area contributed by atoms with E-state index in [9.17, 15) is 4.79 Å². The SMILES string of the molecule is O=C(Oc1ccc(/C=C\c2ccc(-c3ccccc3)cc2)cc1)C1CC2C=CC1C2. The van der Waals surface area contributed by atoms with Crippen LogP contribution in [0.3, 0.4) is 0 Å². The number of allylic oxidation sites excluding steroid dienone is 2. The number of carbonyl (C=O) groups excluding carboxylic acids is 1.